The number of hydrogen-bond acceptors (Lipinski definition) is 4. The fourth-order valence-electron chi connectivity index (χ4n) is 4.43. The zero-order valence-electron chi connectivity index (χ0n) is 18.7. The Morgan fingerprint density at radius 3 is 2.58 bits per heavy atom. The fourth-order valence-corrected chi connectivity index (χ4v) is 4.71. The van der Waals surface area contributed by atoms with Crippen LogP contribution in [0, 0.1) is 17.9 Å². The van der Waals surface area contributed by atoms with Gasteiger partial charge in [0.1, 0.15) is 5.75 Å². The van der Waals surface area contributed by atoms with Crippen molar-refractivity contribution in [2.24, 2.45) is 0 Å². The van der Waals surface area contributed by atoms with Crippen molar-refractivity contribution in [3.63, 3.8) is 0 Å². The van der Waals surface area contributed by atoms with Crippen LogP contribution in [0.2, 0.25) is 5.02 Å². The number of halogens is 1. The number of hydrogen-bond donors (Lipinski definition) is 0. The van der Waals surface area contributed by atoms with Gasteiger partial charge in [0.2, 0.25) is 0 Å². The summed E-state index contributed by atoms with van der Waals surface area (Å²) in [5.41, 5.74) is 4.47. The van der Waals surface area contributed by atoms with E-state index in [4.69, 9.17) is 22.9 Å². The van der Waals surface area contributed by atoms with Crippen LogP contribution in [0.15, 0.2) is 66.7 Å². The molecule has 4 rings (SSSR count). The third kappa shape index (κ3) is 4.81. The molecule has 0 unspecified atom stereocenters. The van der Waals surface area contributed by atoms with E-state index in [1.165, 1.54) is 5.56 Å². The average molecular weight is 457 g/mol. The molecule has 0 bridgehead atoms. The van der Waals surface area contributed by atoms with Crippen molar-refractivity contribution in [1.82, 2.24) is 4.90 Å². The molecule has 3 aromatic rings. The highest BCUT2D eigenvalue weighted by Crippen LogP contribution is 2.38. The fraction of sp³-hybridized carbons (Fsp3) is 0.259. The Morgan fingerprint density at radius 1 is 1.12 bits per heavy atom. The monoisotopic (exact) mass is 456 g/mol. The summed E-state index contributed by atoms with van der Waals surface area (Å²) in [6, 6.07) is 23.9. The van der Waals surface area contributed by atoms with Crippen LogP contribution in [0.3, 0.4) is 0 Å². The largest absolute Gasteiger partial charge is 0.497 e. The van der Waals surface area contributed by atoms with Gasteiger partial charge in [0.15, 0.2) is 5.69 Å². The molecule has 5 nitrogen and oxygen atoms in total. The van der Waals surface area contributed by atoms with E-state index in [-0.39, 0.29) is 12.1 Å². The second-order valence-electron chi connectivity index (χ2n) is 8.14. The number of benzene rings is 3. The first kappa shape index (κ1) is 22.7. The van der Waals surface area contributed by atoms with Crippen molar-refractivity contribution in [1.29, 1.82) is 5.26 Å². The van der Waals surface area contributed by atoms with Gasteiger partial charge in [0.05, 0.1) is 42.1 Å². The zero-order chi connectivity index (χ0) is 23.4. The number of rotatable bonds is 5. The molecule has 0 saturated carbocycles. The average Bonchev–Trinajstić information content (AvgIpc) is 2.88. The number of nitrogens with zero attached hydrogens (tertiary/aromatic N) is 4. The van der Waals surface area contributed by atoms with E-state index in [1.54, 1.807) is 13.2 Å². The van der Waals surface area contributed by atoms with Crippen LogP contribution in [0.1, 0.15) is 35.7 Å². The van der Waals surface area contributed by atoms with Gasteiger partial charge in [-0.1, -0.05) is 48.0 Å². The lowest BCUT2D eigenvalue weighted by Crippen LogP contribution is -2.49. The van der Waals surface area contributed by atoms with E-state index in [0.717, 1.165) is 36.6 Å². The molecule has 1 fully saturated rings. The summed E-state index contributed by atoms with van der Waals surface area (Å²) in [6.07, 6.45) is 0. The number of anilines is 1. The molecule has 0 radical (unpaired) electrons. The minimum absolute atomic E-state index is 0.0595. The minimum atomic E-state index is 0.0595. The maximum atomic E-state index is 9.23. The molecule has 1 aliphatic heterocycles. The van der Waals surface area contributed by atoms with Crippen molar-refractivity contribution in [3.8, 4) is 11.8 Å². The molecule has 33 heavy (non-hydrogen) atoms. The first-order valence-electron chi connectivity index (χ1n) is 10.9. The molecule has 1 aliphatic rings. The molecule has 0 N–H and O–H groups in total. The molecule has 0 aromatic heterocycles. The molecule has 0 amide bonds. The summed E-state index contributed by atoms with van der Waals surface area (Å²) < 4.78 is 5.49. The summed E-state index contributed by atoms with van der Waals surface area (Å²) in [6.45, 7) is 11.9. The third-order valence-electron chi connectivity index (χ3n) is 6.33. The second kappa shape index (κ2) is 9.96. The van der Waals surface area contributed by atoms with E-state index in [2.05, 4.69) is 39.8 Å². The summed E-state index contributed by atoms with van der Waals surface area (Å²) >= 11 is 6.62. The molecule has 3 aromatic carbocycles. The van der Waals surface area contributed by atoms with E-state index in [9.17, 15) is 5.26 Å². The lowest BCUT2D eigenvalue weighted by atomic mass is 9.98. The molecule has 1 saturated heterocycles. The third-order valence-corrected chi connectivity index (χ3v) is 6.63. The Bertz CT molecular complexity index is 1210. The van der Waals surface area contributed by atoms with Crippen molar-refractivity contribution in [3.05, 3.63) is 99.9 Å². The first-order valence-corrected chi connectivity index (χ1v) is 11.2. The van der Waals surface area contributed by atoms with E-state index in [0.29, 0.717) is 16.3 Å². The standard InChI is InChI=1S/C27H25ClN4O/c1-19(21-8-10-23(30-2)11-9-21)31-13-14-32(26-12-7-20(17-29)15-25(26)28)27(18-31)22-5-4-6-24(16-22)33-3/h4-12,15-16,19,27H,13-14,18H2,1,3H3/t19-,27+/m1/s1. The van der Waals surface area contributed by atoms with E-state index >= 15 is 0 Å². The molecule has 166 valence electrons. The van der Waals surface area contributed by atoms with Gasteiger partial charge in [-0.15, -0.1) is 0 Å². The van der Waals surface area contributed by atoms with Crippen LogP contribution in [-0.4, -0.2) is 31.6 Å². The minimum Gasteiger partial charge on any atom is -0.497 e. The smallest absolute Gasteiger partial charge is 0.187 e. The maximum absolute atomic E-state index is 9.23. The summed E-state index contributed by atoms with van der Waals surface area (Å²) in [4.78, 5) is 8.29. The van der Waals surface area contributed by atoms with Gasteiger partial charge in [-0.25, -0.2) is 4.85 Å². The predicted octanol–water partition coefficient (Wildman–Crippen LogP) is 6.40. The van der Waals surface area contributed by atoms with Crippen LogP contribution in [0.4, 0.5) is 11.4 Å². The first-order chi connectivity index (χ1) is 16.0. The van der Waals surface area contributed by atoms with Gasteiger partial charge in [0.25, 0.3) is 0 Å². The quantitative estimate of drug-likeness (QED) is 0.417. The van der Waals surface area contributed by atoms with Crippen molar-refractivity contribution in [2.75, 3.05) is 31.6 Å². The molecule has 6 heteroatoms. The molecular weight excluding hydrogens is 432 g/mol. The topological polar surface area (TPSA) is 43.9 Å². The van der Waals surface area contributed by atoms with Crippen LogP contribution in [0.25, 0.3) is 4.85 Å². The highest BCUT2D eigenvalue weighted by molar-refractivity contribution is 6.33. The SMILES string of the molecule is [C-]#[N+]c1ccc([C@@H](C)N2CCN(c3ccc(C#N)cc3Cl)[C@H](c3cccc(OC)c3)C2)cc1. The van der Waals surface area contributed by atoms with Crippen LogP contribution in [0.5, 0.6) is 5.75 Å². The van der Waals surface area contributed by atoms with Crippen LogP contribution < -0.4 is 9.64 Å². The predicted molar refractivity (Wildman–Crippen MR) is 132 cm³/mol. The van der Waals surface area contributed by atoms with Gasteiger partial charge in [-0.2, -0.15) is 5.26 Å². The Hall–Kier alpha value is -3.51. The molecule has 0 spiro atoms. The van der Waals surface area contributed by atoms with Crippen molar-refractivity contribution in [2.45, 2.75) is 19.0 Å². The van der Waals surface area contributed by atoms with Gasteiger partial charge in [-0.3, -0.25) is 4.90 Å². The van der Waals surface area contributed by atoms with Gasteiger partial charge in [-0.05, 0) is 48.4 Å². The Balaban J connectivity index is 1.67. The second-order valence-corrected chi connectivity index (χ2v) is 8.55. The highest BCUT2D eigenvalue weighted by atomic mass is 35.5. The number of piperazine rings is 1. The van der Waals surface area contributed by atoms with Crippen LogP contribution >= 0.6 is 11.6 Å². The Kier molecular flexibility index (Phi) is 6.84. The van der Waals surface area contributed by atoms with Crippen LogP contribution in [-0.2, 0) is 0 Å². The van der Waals surface area contributed by atoms with Gasteiger partial charge >= 0.3 is 0 Å². The maximum Gasteiger partial charge on any atom is 0.187 e. The molecule has 0 aliphatic carbocycles. The van der Waals surface area contributed by atoms with E-state index < -0.39 is 0 Å². The van der Waals surface area contributed by atoms with E-state index in [1.807, 2.05) is 48.5 Å². The van der Waals surface area contributed by atoms with Crippen molar-refractivity contribution < 1.29 is 4.74 Å². The van der Waals surface area contributed by atoms with Gasteiger partial charge in [0, 0.05) is 25.7 Å². The molecule has 2 atom stereocenters. The Labute approximate surface area is 200 Å². The van der Waals surface area contributed by atoms with Crippen molar-refractivity contribution >= 4 is 23.0 Å². The summed E-state index contributed by atoms with van der Waals surface area (Å²) in [5.74, 6) is 0.818. The number of ether oxygens (including phenoxy) is 1. The summed E-state index contributed by atoms with van der Waals surface area (Å²) in [7, 11) is 1.68. The summed E-state index contributed by atoms with van der Waals surface area (Å²) in [5, 5.41) is 9.81. The molecule has 1 heterocycles. The Morgan fingerprint density at radius 2 is 1.91 bits per heavy atom. The van der Waals surface area contributed by atoms with Gasteiger partial charge < -0.3 is 9.64 Å². The number of methoxy groups -OCH3 is 1. The molecular formula is C27H25ClN4O. The lowest BCUT2D eigenvalue weighted by molar-refractivity contribution is 0.171. The number of nitriles is 1. The normalized spacial score (nSPS) is 17.1. The highest BCUT2D eigenvalue weighted by Gasteiger charge is 2.32. The zero-order valence-corrected chi connectivity index (χ0v) is 19.5. The lowest BCUT2D eigenvalue weighted by Gasteiger charge is -2.45.